The molecule has 0 aliphatic carbocycles. The molecule has 6 rings (SSSR count). The van der Waals surface area contributed by atoms with Gasteiger partial charge in [0, 0.05) is 37.3 Å². The van der Waals surface area contributed by atoms with E-state index >= 15 is 0 Å². The van der Waals surface area contributed by atoms with Gasteiger partial charge >= 0.3 is 0 Å². The lowest BCUT2D eigenvalue weighted by atomic mass is 10.1. The summed E-state index contributed by atoms with van der Waals surface area (Å²) in [6.07, 6.45) is 8.49. The van der Waals surface area contributed by atoms with E-state index in [0.717, 1.165) is 25.7 Å². The van der Waals surface area contributed by atoms with Crippen LogP contribution in [-0.4, -0.2) is 30.4 Å². The van der Waals surface area contributed by atoms with Crippen LogP contribution in [0, 0.1) is 24.2 Å². The lowest BCUT2D eigenvalue weighted by molar-refractivity contribution is 0.310. The predicted octanol–water partition coefficient (Wildman–Crippen LogP) is 6.83. The molecule has 0 saturated heterocycles. The van der Waals surface area contributed by atoms with Gasteiger partial charge in [-0.15, -0.1) is 6.42 Å². The predicted molar refractivity (Wildman–Crippen MR) is 163 cm³/mol. The lowest BCUT2D eigenvalue weighted by Gasteiger charge is -2.16. The molecule has 4 heterocycles. The summed E-state index contributed by atoms with van der Waals surface area (Å²) in [6.45, 7) is 1.90. The van der Waals surface area contributed by atoms with Crippen LogP contribution in [0.1, 0.15) is 25.7 Å². The van der Waals surface area contributed by atoms with Crippen LogP contribution in [0.2, 0.25) is 20.1 Å². The quantitative estimate of drug-likeness (QED) is 0.241. The van der Waals surface area contributed by atoms with Crippen molar-refractivity contribution in [2.24, 2.45) is 0 Å². The highest BCUT2D eigenvalue weighted by Crippen LogP contribution is 2.38. The SMILES string of the molecule is C#CCOc1cc(-c2c(F)n3n(c2=O)CCCC3)c(Cl)cc1Cl.O=c1c(-c2cc(O)c(Cl)cc2Cl)c(F)n2n1CCCC2. The molecule has 1 N–H and O–H groups in total. The molecule has 2 aromatic carbocycles. The number of hydrogen-bond donors (Lipinski definition) is 1. The minimum absolute atomic E-state index is 0.00845. The minimum Gasteiger partial charge on any atom is -0.506 e. The number of ether oxygens (including phenoxy) is 1. The van der Waals surface area contributed by atoms with E-state index in [1.54, 1.807) is 0 Å². The zero-order valence-electron chi connectivity index (χ0n) is 22.5. The maximum atomic E-state index is 14.7. The molecule has 4 aromatic rings. The van der Waals surface area contributed by atoms with Gasteiger partial charge in [0.1, 0.15) is 29.2 Å². The van der Waals surface area contributed by atoms with Crippen LogP contribution in [0.4, 0.5) is 8.78 Å². The van der Waals surface area contributed by atoms with Crippen LogP contribution < -0.4 is 15.9 Å². The highest BCUT2D eigenvalue weighted by Gasteiger charge is 2.27. The van der Waals surface area contributed by atoms with Crippen LogP contribution in [0.15, 0.2) is 33.9 Å². The summed E-state index contributed by atoms with van der Waals surface area (Å²) >= 11 is 24.0. The minimum atomic E-state index is -0.627. The van der Waals surface area contributed by atoms with Crippen molar-refractivity contribution >= 4 is 46.4 Å². The fourth-order valence-electron chi connectivity index (χ4n) is 5.19. The van der Waals surface area contributed by atoms with Crippen molar-refractivity contribution in [1.29, 1.82) is 0 Å². The van der Waals surface area contributed by atoms with E-state index in [-0.39, 0.29) is 60.5 Å². The van der Waals surface area contributed by atoms with E-state index in [1.807, 2.05) is 0 Å². The number of halogens is 6. The average Bonchev–Trinajstić information content (AvgIpc) is 3.39. The topological polar surface area (TPSA) is 83.3 Å². The molecule has 2 aliphatic heterocycles. The number of aromatic nitrogens is 4. The third kappa shape index (κ3) is 5.79. The fraction of sp³-hybridized carbons (Fsp3) is 0.310. The molecule has 2 aliphatic rings. The Morgan fingerprint density at radius 2 is 1.16 bits per heavy atom. The van der Waals surface area contributed by atoms with Crippen molar-refractivity contribution in [2.45, 2.75) is 51.9 Å². The van der Waals surface area contributed by atoms with E-state index in [4.69, 9.17) is 57.6 Å². The molecular formula is C29H24Cl4F2N4O4. The van der Waals surface area contributed by atoms with Gasteiger partial charge in [-0.3, -0.25) is 19.0 Å². The number of rotatable bonds is 4. The second-order valence-electron chi connectivity index (χ2n) is 9.89. The molecular weight excluding hydrogens is 648 g/mol. The van der Waals surface area contributed by atoms with Crippen LogP contribution in [0.25, 0.3) is 22.3 Å². The molecule has 43 heavy (non-hydrogen) atoms. The molecule has 0 amide bonds. The first kappa shape index (κ1) is 31.1. The number of terminal acetylenes is 1. The number of phenolic OH excluding ortho intramolecular Hbond substituents is 1. The lowest BCUT2D eigenvalue weighted by Crippen LogP contribution is -2.27. The molecule has 0 fully saturated rings. The summed E-state index contributed by atoms with van der Waals surface area (Å²) in [5.74, 6) is 1.12. The normalized spacial score (nSPS) is 13.9. The van der Waals surface area contributed by atoms with Gasteiger partial charge in [0.15, 0.2) is 0 Å². The van der Waals surface area contributed by atoms with Crippen molar-refractivity contribution in [3.63, 3.8) is 0 Å². The summed E-state index contributed by atoms with van der Waals surface area (Å²) in [7, 11) is 0. The van der Waals surface area contributed by atoms with Gasteiger partial charge in [0.05, 0.1) is 20.1 Å². The Balaban J connectivity index is 0.000000173. The monoisotopic (exact) mass is 670 g/mol. The Hall–Kier alpha value is -3.36. The van der Waals surface area contributed by atoms with Crippen LogP contribution in [-0.2, 0) is 26.2 Å². The van der Waals surface area contributed by atoms with Crippen molar-refractivity contribution in [1.82, 2.24) is 18.7 Å². The molecule has 2 aromatic heterocycles. The smallest absolute Gasteiger partial charge is 0.277 e. The summed E-state index contributed by atoms with van der Waals surface area (Å²) in [4.78, 5) is 24.8. The molecule has 14 heteroatoms. The highest BCUT2D eigenvalue weighted by molar-refractivity contribution is 6.37. The largest absolute Gasteiger partial charge is 0.506 e. The molecule has 0 spiro atoms. The van der Waals surface area contributed by atoms with Gasteiger partial charge in [-0.05, 0) is 49.9 Å². The molecule has 0 unspecified atom stereocenters. The molecule has 0 saturated carbocycles. The Morgan fingerprint density at radius 1 is 0.721 bits per heavy atom. The Kier molecular flexibility index (Phi) is 9.18. The van der Waals surface area contributed by atoms with Gasteiger partial charge in [-0.25, -0.2) is 9.36 Å². The molecule has 8 nitrogen and oxygen atoms in total. The Morgan fingerprint density at radius 3 is 1.63 bits per heavy atom. The Labute approximate surface area is 264 Å². The maximum absolute atomic E-state index is 14.7. The van der Waals surface area contributed by atoms with Crippen LogP contribution in [0.3, 0.4) is 0 Å². The molecule has 0 atom stereocenters. The number of benzene rings is 2. The number of fused-ring (bicyclic) bond motifs is 2. The third-order valence-electron chi connectivity index (χ3n) is 7.23. The highest BCUT2D eigenvalue weighted by atomic mass is 35.5. The van der Waals surface area contributed by atoms with Crippen molar-refractivity contribution in [3.8, 4) is 46.1 Å². The maximum Gasteiger partial charge on any atom is 0.277 e. The van der Waals surface area contributed by atoms with Crippen molar-refractivity contribution in [2.75, 3.05) is 6.61 Å². The number of phenols is 1. The number of nitrogens with zero attached hydrogens (tertiary/aromatic N) is 4. The van der Waals surface area contributed by atoms with Crippen LogP contribution >= 0.6 is 46.4 Å². The molecule has 0 bridgehead atoms. The van der Waals surface area contributed by atoms with Crippen LogP contribution in [0.5, 0.6) is 11.5 Å². The van der Waals surface area contributed by atoms with E-state index < -0.39 is 23.0 Å². The first-order valence-electron chi connectivity index (χ1n) is 13.3. The van der Waals surface area contributed by atoms with Gasteiger partial charge in [-0.1, -0.05) is 52.3 Å². The average molecular weight is 672 g/mol. The van der Waals surface area contributed by atoms with E-state index in [0.29, 0.717) is 26.2 Å². The van der Waals surface area contributed by atoms with Crippen molar-refractivity contribution in [3.05, 3.63) is 77.0 Å². The summed E-state index contributed by atoms with van der Waals surface area (Å²) < 4.78 is 39.9. The van der Waals surface area contributed by atoms with Gasteiger partial charge in [0.2, 0.25) is 11.9 Å². The third-order valence-corrected chi connectivity index (χ3v) is 8.46. The summed E-state index contributed by atoms with van der Waals surface area (Å²) in [5, 5.41) is 10.3. The zero-order chi connectivity index (χ0) is 31.0. The van der Waals surface area contributed by atoms with E-state index in [1.165, 1.54) is 43.0 Å². The first-order valence-corrected chi connectivity index (χ1v) is 14.8. The van der Waals surface area contributed by atoms with Gasteiger partial charge in [-0.2, -0.15) is 8.78 Å². The van der Waals surface area contributed by atoms with E-state index in [9.17, 15) is 23.5 Å². The first-order chi connectivity index (χ1) is 20.5. The second kappa shape index (κ2) is 12.7. The second-order valence-corrected chi connectivity index (χ2v) is 11.5. The summed E-state index contributed by atoms with van der Waals surface area (Å²) in [6, 6.07) is 5.39. The molecule has 226 valence electrons. The molecule has 0 radical (unpaired) electrons. The fourth-order valence-corrected chi connectivity index (χ4v) is 6.19. The van der Waals surface area contributed by atoms with Gasteiger partial charge in [0.25, 0.3) is 11.1 Å². The zero-order valence-corrected chi connectivity index (χ0v) is 25.5. The van der Waals surface area contributed by atoms with Crippen molar-refractivity contribution < 1.29 is 18.6 Å². The van der Waals surface area contributed by atoms with E-state index in [2.05, 4.69) is 5.92 Å². The Bertz CT molecular complexity index is 1890. The standard InChI is InChI=1S/C16H13Cl2FN2O2.C13H11Cl2FN2O2/c1-2-7-23-13-8-10(11(17)9-12(13)18)14-15(19)20-5-3-4-6-21(20)16(14)22;14-8-6-9(15)10(19)5-7(8)11-12(16)17-3-1-2-4-18(17)13(11)20/h1,8-9H,3-7H2;5-6,19H,1-4H2. The van der Waals surface area contributed by atoms with Gasteiger partial charge < -0.3 is 9.84 Å². The number of aromatic hydroxyl groups is 1. The summed E-state index contributed by atoms with van der Waals surface area (Å²) in [5.41, 5.74) is -0.631. The number of hydrogen-bond acceptors (Lipinski definition) is 4.